The Balaban J connectivity index is 2.20. The van der Waals surface area contributed by atoms with Crippen LogP contribution in [0, 0.1) is 6.92 Å². The summed E-state index contributed by atoms with van der Waals surface area (Å²) in [4.78, 5) is 0. The maximum absolute atomic E-state index is 6.13. The van der Waals surface area contributed by atoms with Gasteiger partial charge in [-0.15, -0.1) is 0 Å². The molecule has 96 valence electrons. The van der Waals surface area contributed by atoms with E-state index in [0.29, 0.717) is 0 Å². The summed E-state index contributed by atoms with van der Waals surface area (Å²) < 4.78 is 8.09. The molecule has 1 fully saturated rings. The number of ether oxygens (including phenoxy) is 1. The van der Waals surface area contributed by atoms with E-state index in [1.165, 1.54) is 22.2 Å². The molecular formula is C14H17ClN2O. The van der Waals surface area contributed by atoms with Gasteiger partial charge in [-0.05, 0) is 25.1 Å². The largest absolute Gasteiger partial charge is 0.371 e. The molecule has 18 heavy (non-hydrogen) atoms. The van der Waals surface area contributed by atoms with Gasteiger partial charge in [0.05, 0.1) is 12.7 Å². The minimum Gasteiger partial charge on any atom is -0.371 e. The van der Waals surface area contributed by atoms with Gasteiger partial charge in [0.2, 0.25) is 0 Å². The fourth-order valence-electron chi connectivity index (χ4n) is 2.73. The van der Waals surface area contributed by atoms with Gasteiger partial charge in [-0.2, -0.15) is 0 Å². The average molecular weight is 265 g/mol. The van der Waals surface area contributed by atoms with E-state index in [-0.39, 0.29) is 6.10 Å². The Hall–Kier alpha value is -1.03. The normalized spacial score (nSPS) is 20.5. The number of hydrogen-bond donors (Lipinski definition) is 1. The Bertz CT molecular complexity index is 585. The highest BCUT2D eigenvalue weighted by molar-refractivity contribution is 6.31. The summed E-state index contributed by atoms with van der Waals surface area (Å²) in [5.74, 6) is 0. The van der Waals surface area contributed by atoms with Crippen LogP contribution in [0.15, 0.2) is 18.2 Å². The summed E-state index contributed by atoms with van der Waals surface area (Å²) >= 11 is 6.13. The van der Waals surface area contributed by atoms with Crippen LogP contribution in [0.2, 0.25) is 5.02 Å². The van der Waals surface area contributed by atoms with Crippen LogP contribution in [0.4, 0.5) is 0 Å². The van der Waals surface area contributed by atoms with Crippen LogP contribution in [0.1, 0.15) is 17.4 Å². The number of nitrogens with zero attached hydrogens (tertiary/aromatic N) is 1. The van der Waals surface area contributed by atoms with Crippen LogP contribution < -0.4 is 5.32 Å². The van der Waals surface area contributed by atoms with E-state index >= 15 is 0 Å². The summed E-state index contributed by atoms with van der Waals surface area (Å²) in [6.45, 7) is 4.70. The molecule has 1 aromatic carbocycles. The number of nitrogens with one attached hydrogen (secondary N) is 1. The summed E-state index contributed by atoms with van der Waals surface area (Å²) in [5.41, 5.74) is 3.73. The van der Waals surface area contributed by atoms with E-state index in [1.807, 2.05) is 12.1 Å². The summed E-state index contributed by atoms with van der Waals surface area (Å²) in [6.07, 6.45) is 0.126. The molecule has 1 aliphatic heterocycles. The number of morpholine rings is 1. The SMILES string of the molecule is Cc1c(C2CNCCO2)c2cc(Cl)ccc2n1C. The number of aryl methyl sites for hydroxylation is 1. The maximum atomic E-state index is 6.13. The van der Waals surface area contributed by atoms with E-state index in [1.54, 1.807) is 0 Å². The van der Waals surface area contributed by atoms with Crippen LogP contribution in [0.5, 0.6) is 0 Å². The number of hydrogen-bond acceptors (Lipinski definition) is 2. The molecule has 0 amide bonds. The minimum absolute atomic E-state index is 0.126. The zero-order valence-corrected chi connectivity index (χ0v) is 11.4. The Morgan fingerprint density at radius 1 is 1.44 bits per heavy atom. The second-order valence-electron chi connectivity index (χ2n) is 4.78. The molecule has 1 N–H and O–H groups in total. The fourth-order valence-corrected chi connectivity index (χ4v) is 2.90. The molecule has 1 aliphatic rings. The van der Waals surface area contributed by atoms with Crippen LogP contribution in [0.25, 0.3) is 10.9 Å². The molecule has 3 nitrogen and oxygen atoms in total. The van der Waals surface area contributed by atoms with Crippen molar-refractivity contribution in [1.29, 1.82) is 0 Å². The van der Waals surface area contributed by atoms with Crippen molar-refractivity contribution in [1.82, 2.24) is 9.88 Å². The van der Waals surface area contributed by atoms with Gasteiger partial charge in [0, 0.05) is 47.3 Å². The third kappa shape index (κ3) is 1.83. The molecule has 0 aliphatic carbocycles. The molecule has 0 saturated carbocycles. The highest BCUT2D eigenvalue weighted by Gasteiger charge is 2.23. The molecule has 0 spiro atoms. The Morgan fingerprint density at radius 2 is 2.28 bits per heavy atom. The number of benzene rings is 1. The lowest BCUT2D eigenvalue weighted by Gasteiger charge is -2.24. The average Bonchev–Trinajstić information content (AvgIpc) is 2.63. The Kier molecular flexibility index (Phi) is 3.06. The van der Waals surface area contributed by atoms with Crippen LogP contribution in [-0.4, -0.2) is 24.3 Å². The van der Waals surface area contributed by atoms with Gasteiger partial charge in [-0.25, -0.2) is 0 Å². The molecule has 0 radical (unpaired) electrons. The van der Waals surface area contributed by atoms with Crippen LogP contribution in [-0.2, 0) is 11.8 Å². The van der Waals surface area contributed by atoms with Crippen molar-refractivity contribution in [3.8, 4) is 0 Å². The maximum Gasteiger partial charge on any atom is 0.0973 e. The molecule has 3 rings (SSSR count). The zero-order valence-electron chi connectivity index (χ0n) is 10.7. The standard InChI is InChI=1S/C14H17ClN2O/c1-9-14(13-8-16-5-6-18-13)11-7-10(15)3-4-12(11)17(9)2/h3-4,7,13,16H,5-6,8H2,1-2H3. The summed E-state index contributed by atoms with van der Waals surface area (Å²) in [7, 11) is 2.09. The molecule has 2 aromatic rings. The van der Waals surface area contributed by atoms with Crippen molar-refractivity contribution in [3.05, 3.63) is 34.5 Å². The second kappa shape index (κ2) is 4.57. The monoisotopic (exact) mass is 264 g/mol. The molecule has 1 saturated heterocycles. The lowest BCUT2D eigenvalue weighted by Crippen LogP contribution is -2.33. The first-order valence-electron chi connectivity index (χ1n) is 6.25. The number of rotatable bonds is 1. The molecule has 1 unspecified atom stereocenters. The van der Waals surface area contributed by atoms with Crippen LogP contribution >= 0.6 is 11.6 Å². The van der Waals surface area contributed by atoms with Crippen molar-refractivity contribution in [2.45, 2.75) is 13.0 Å². The predicted molar refractivity (Wildman–Crippen MR) is 74.2 cm³/mol. The number of aromatic nitrogens is 1. The van der Waals surface area contributed by atoms with Gasteiger partial charge in [-0.3, -0.25) is 0 Å². The van der Waals surface area contributed by atoms with E-state index < -0.39 is 0 Å². The van der Waals surface area contributed by atoms with Crippen molar-refractivity contribution < 1.29 is 4.74 Å². The second-order valence-corrected chi connectivity index (χ2v) is 5.22. The predicted octanol–water partition coefficient (Wildman–Crippen LogP) is 2.80. The topological polar surface area (TPSA) is 26.2 Å². The lowest BCUT2D eigenvalue weighted by molar-refractivity contribution is 0.0281. The third-order valence-electron chi connectivity index (χ3n) is 3.75. The Labute approximate surface area is 112 Å². The lowest BCUT2D eigenvalue weighted by atomic mass is 10.0. The van der Waals surface area contributed by atoms with Gasteiger partial charge in [0.25, 0.3) is 0 Å². The van der Waals surface area contributed by atoms with E-state index in [0.717, 1.165) is 24.7 Å². The van der Waals surface area contributed by atoms with Gasteiger partial charge in [0.1, 0.15) is 0 Å². The van der Waals surface area contributed by atoms with Gasteiger partial charge in [-0.1, -0.05) is 11.6 Å². The molecule has 2 heterocycles. The van der Waals surface area contributed by atoms with Gasteiger partial charge >= 0.3 is 0 Å². The first-order chi connectivity index (χ1) is 8.68. The number of fused-ring (bicyclic) bond motifs is 1. The quantitative estimate of drug-likeness (QED) is 0.857. The van der Waals surface area contributed by atoms with Gasteiger partial charge in [0.15, 0.2) is 0 Å². The first-order valence-corrected chi connectivity index (χ1v) is 6.63. The highest BCUT2D eigenvalue weighted by atomic mass is 35.5. The van der Waals surface area contributed by atoms with Gasteiger partial charge < -0.3 is 14.6 Å². The van der Waals surface area contributed by atoms with E-state index in [4.69, 9.17) is 16.3 Å². The molecule has 1 aromatic heterocycles. The fraction of sp³-hybridized carbons (Fsp3) is 0.429. The smallest absolute Gasteiger partial charge is 0.0973 e. The Morgan fingerprint density at radius 3 is 3.00 bits per heavy atom. The van der Waals surface area contributed by atoms with Crippen LogP contribution in [0.3, 0.4) is 0 Å². The number of halogens is 1. The molecule has 0 bridgehead atoms. The van der Waals surface area contributed by atoms with Crippen molar-refractivity contribution in [2.75, 3.05) is 19.7 Å². The third-order valence-corrected chi connectivity index (χ3v) is 3.99. The summed E-state index contributed by atoms with van der Waals surface area (Å²) in [6, 6.07) is 6.05. The van der Waals surface area contributed by atoms with E-state index in [9.17, 15) is 0 Å². The molecule has 1 atom stereocenters. The summed E-state index contributed by atoms with van der Waals surface area (Å²) in [5, 5.41) is 5.36. The van der Waals surface area contributed by atoms with Crippen molar-refractivity contribution in [3.63, 3.8) is 0 Å². The van der Waals surface area contributed by atoms with Crippen molar-refractivity contribution >= 4 is 22.5 Å². The van der Waals surface area contributed by atoms with Crippen molar-refractivity contribution in [2.24, 2.45) is 7.05 Å². The highest BCUT2D eigenvalue weighted by Crippen LogP contribution is 2.33. The molecular weight excluding hydrogens is 248 g/mol. The zero-order chi connectivity index (χ0) is 12.7. The molecule has 4 heteroatoms. The van der Waals surface area contributed by atoms with E-state index in [2.05, 4.69) is 29.9 Å². The first kappa shape index (κ1) is 12.0. The minimum atomic E-state index is 0.126.